The fourth-order valence-electron chi connectivity index (χ4n) is 2.56. The maximum atomic E-state index is 11.7. The van der Waals surface area contributed by atoms with Crippen LogP contribution in [-0.4, -0.2) is 38.2 Å². The summed E-state index contributed by atoms with van der Waals surface area (Å²) in [7, 11) is 0. The maximum absolute atomic E-state index is 11.7. The van der Waals surface area contributed by atoms with Crippen molar-refractivity contribution in [3.8, 4) is 0 Å². The highest BCUT2D eigenvalue weighted by Gasteiger charge is 2.18. The number of hydrogen-bond donors (Lipinski definition) is 0. The van der Waals surface area contributed by atoms with Crippen LogP contribution < -0.4 is 0 Å². The van der Waals surface area contributed by atoms with Crippen molar-refractivity contribution in [2.24, 2.45) is 11.8 Å². The van der Waals surface area contributed by atoms with Crippen molar-refractivity contribution in [2.75, 3.05) is 19.8 Å². The van der Waals surface area contributed by atoms with Crippen LogP contribution in [0.5, 0.6) is 0 Å². The Balaban J connectivity index is 3.89. The predicted octanol–water partition coefficient (Wildman–Crippen LogP) is 6.50. The van der Waals surface area contributed by atoms with E-state index in [0.29, 0.717) is 19.6 Å². The molecule has 0 heterocycles. The Labute approximate surface area is 171 Å². The summed E-state index contributed by atoms with van der Waals surface area (Å²) in [6.45, 7) is 11.1. The lowest BCUT2D eigenvalue weighted by atomic mass is 10.0. The third-order valence-electron chi connectivity index (χ3n) is 4.21. The van der Waals surface area contributed by atoms with Crippen LogP contribution in [0.4, 0.5) is 9.59 Å². The second-order valence-corrected chi connectivity index (χ2v) is 8.20. The number of ether oxygens (including phenoxy) is 4. The Morgan fingerprint density at radius 1 is 0.679 bits per heavy atom. The van der Waals surface area contributed by atoms with Gasteiger partial charge in [0, 0.05) is 0 Å². The third kappa shape index (κ3) is 17.9. The summed E-state index contributed by atoms with van der Waals surface area (Å²) in [6, 6.07) is 0. The van der Waals surface area contributed by atoms with Crippen LogP contribution in [0.2, 0.25) is 0 Å². The van der Waals surface area contributed by atoms with E-state index in [4.69, 9.17) is 18.9 Å². The van der Waals surface area contributed by atoms with Gasteiger partial charge in [-0.3, -0.25) is 0 Å². The highest BCUT2D eigenvalue weighted by Crippen LogP contribution is 2.11. The zero-order valence-electron chi connectivity index (χ0n) is 18.7. The van der Waals surface area contributed by atoms with Crippen molar-refractivity contribution in [1.29, 1.82) is 0 Å². The Morgan fingerprint density at radius 3 is 1.96 bits per heavy atom. The van der Waals surface area contributed by atoms with E-state index in [-0.39, 0.29) is 12.5 Å². The highest BCUT2D eigenvalue weighted by molar-refractivity contribution is 5.61. The van der Waals surface area contributed by atoms with Crippen molar-refractivity contribution in [3.05, 3.63) is 0 Å². The largest absolute Gasteiger partial charge is 0.508 e. The number of unbranched alkanes of at least 4 members (excludes halogenated alkanes) is 5. The molecule has 0 aliphatic heterocycles. The molecule has 1 atom stereocenters. The fourth-order valence-corrected chi connectivity index (χ4v) is 2.56. The molecule has 0 aromatic rings. The van der Waals surface area contributed by atoms with Gasteiger partial charge in [0.2, 0.25) is 0 Å². The normalized spacial score (nSPS) is 12.1. The molecule has 0 fully saturated rings. The van der Waals surface area contributed by atoms with E-state index < -0.39 is 18.4 Å². The van der Waals surface area contributed by atoms with Crippen molar-refractivity contribution in [3.63, 3.8) is 0 Å². The molecule has 0 aromatic heterocycles. The molecule has 0 saturated heterocycles. The Morgan fingerprint density at radius 2 is 1.32 bits per heavy atom. The van der Waals surface area contributed by atoms with Crippen molar-refractivity contribution >= 4 is 12.3 Å². The average Bonchev–Trinajstić information content (AvgIpc) is 2.64. The molecule has 1 unspecified atom stereocenters. The molecule has 0 bridgehead atoms. The van der Waals surface area contributed by atoms with E-state index >= 15 is 0 Å². The summed E-state index contributed by atoms with van der Waals surface area (Å²) >= 11 is 0. The lowest BCUT2D eigenvalue weighted by Gasteiger charge is -2.17. The summed E-state index contributed by atoms with van der Waals surface area (Å²) < 4.78 is 20.5. The second kappa shape index (κ2) is 17.6. The van der Waals surface area contributed by atoms with E-state index in [9.17, 15) is 9.59 Å². The minimum atomic E-state index is -0.718. The van der Waals surface area contributed by atoms with E-state index in [1.54, 1.807) is 0 Å². The molecule has 0 saturated carbocycles. The smallest absolute Gasteiger partial charge is 0.434 e. The molecular weight excluding hydrogens is 360 g/mol. The quantitative estimate of drug-likeness (QED) is 0.217. The van der Waals surface area contributed by atoms with Gasteiger partial charge in [0.1, 0.15) is 12.7 Å². The van der Waals surface area contributed by atoms with Crippen molar-refractivity contribution in [1.82, 2.24) is 0 Å². The van der Waals surface area contributed by atoms with Crippen LogP contribution in [0, 0.1) is 11.8 Å². The molecule has 0 spiro atoms. The topological polar surface area (TPSA) is 71.1 Å². The van der Waals surface area contributed by atoms with Crippen LogP contribution >= 0.6 is 0 Å². The van der Waals surface area contributed by atoms with Gasteiger partial charge < -0.3 is 18.9 Å². The standard InChI is InChI=1S/C22H42O6/c1-6-7-14-20(28-22(24)26-16-19(4)5)17-27-21(23)25-15-12-10-8-9-11-13-18(2)3/h18-20H,6-17H2,1-5H3. The minimum Gasteiger partial charge on any atom is -0.434 e. The van der Waals surface area contributed by atoms with Gasteiger partial charge in [-0.25, -0.2) is 9.59 Å². The molecule has 0 aromatic carbocycles. The van der Waals surface area contributed by atoms with Crippen LogP contribution in [0.15, 0.2) is 0 Å². The Bertz CT molecular complexity index is 394. The SMILES string of the molecule is CCCCC(COC(=O)OCCCCCCCC(C)C)OC(=O)OCC(C)C. The number of rotatable bonds is 16. The zero-order chi connectivity index (χ0) is 21.2. The third-order valence-corrected chi connectivity index (χ3v) is 4.21. The van der Waals surface area contributed by atoms with Crippen molar-refractivity contribution in [2.45, 2.75) is 98.5 Å². The lowest BCUT2D eigenvalue weighted by molar-refractivity contribution is -0.0224. The summed E-state index contributed by atoms with van der Waals surface area (Å²) in [6.07, 6.45) is 7.34. The van der Waals surface area contributed by atoms with Gasteiger partial charge in [-0.1, -0.05) is 73.1 Å². The van der Waals surface area contributed by atoms with Crippen LogP contribution in [0.3, 0.4) is 0 Å². The van der Waals surface area contributed by atoms with E-state index in [1.807, 2.05) is 20.8 Å². The first-order chi connectivity index (χ1) is 13.3. The van der Waals surface area contributed by atoms with Crippen LogP contribution in [-0.2, 0) is 18.9 Å². The lowest BCUT2D eigenvalue weighted by Crippen LogP contribution is -2.26. The monoisotopic (exact) mass is 402 g/mol. The van der Waals surface area contributed by atoms with Crippen LogP contribution in [0.1, 0.15) is 92.4 Å². The molecule has 166 valence electrons. The number of hydrogen-bond acceptors (Lipinski definition) is 6. The van der Waals surface area contributed by atoms with Gasteiger partial charge in [-0.15, -0.1) is 0 Å². The molecule has 6 nitrogen and oxygen atoms in total. The van der Waals surface area contributed by atoms with Gasteiger partial charge in [-0.2, -0.15) is 0 Å². The Kier molecular flexibility index (Phi) is 16.7. The molecule has 0 rings (SSSR count). The molecule has 28 heavy (non-hydrogen) atoms. The predicted molar refractivity (Wildman–Crippen MR) is 110 cm³/mol. The molecule has 0 N–H and O–H groups in total. The van der Waals surface area contributed by atoms with E-state index in [2.05, 4.69) is 13.8 Å². The highest BCUT2D eigenvalue weighted by atomic mass is 16.8. The fraction of sp³-hybridized carbons (Fsp3) is 0.909. The first-order valence-electron chi connectivity index (χ1n) is 11.0. The maximum Gasteiger partial charge on any atom is 0.508 e. The first-order valence-corrected chi connectivity index (χ1v) is 11.0. The van der Waals surface area contributed by atoms with Gasteiger partial charge in [0.25, 0.3) is 0 Å². The van der Waals surface area contributed by atoms with Gasteiger partial charge in [-0.05, 0) is 31.1 Å². The molecule has 0 radical (unpaired) electrons. The Hall–Kier alpha value is -1.46. The van der Waals surface area contributed by atoms with Gasteiger partial charge in [0.05, 0.1) is 13.2 Å². The van der Waals surface area contributed by atoms with E-state index in [1.165, 1.54) is 19.3 Å². The second-order valence-electron chi connectivity index (χ2n) is 8.20. The first kappa shape index (κ1) is 26.5. The summed E-state index contributed by atoms with van der Waals surface area (Å²) in [4.78, 5) is 23.4. The number of carbonyl (C=O) groups is 2. The molecule has 0 aliphatic carbocycles. The molecule has 6 heteroatoms. The number of carbonyl (C=O) groups excluding carboxylic acids is 2. The van der Waals surface area contributed by atoms with Crippen molar-refractivity contribution < 1.29 is 28.5 Å². The molecule has 0 aliphatic rings. The summed E-state index contributed by atoms with van der Waals surface area (Å²) in [5.41, 5.74) is 0. The zero-order valence-corrected chi connectivity index (χ0v) is 18.7. The van der Waals surface area contributed by atoms with Gasteiger partial charge >= 0.3 is 12.3 Å². The van der Waals surface area contributed by atoms with E-state index in [0.717, 1.165) is 38.0 Å². The average molecular weight is 403 g/mol. The van der Waals surface area contributed by atoms with Gasteiger partial charge in [0.15, 0.2) is 0 Å². The van der Waals surface area contributed by atoms with Crippen LogP contribution in [0.25, 0.3) is 0 Å². The summed E-state index contributed by atoms with van der Waals surface area (Å²) in [5.74, 6) is 1.00. The molecule has 0 amide bonds. The molecular formula is C22H42O6. The minimum absolute atomic E-state index is 0.00911. The summed E-state index contributed by atoms with van der Waals surface area (Å²) in [5, 5.41) is 0.